The Labute approximate surface area is 163 Å². The number of carbonyl (C=O) groups is 2. The Bertz CT molecular complexity index is 1010. The van der Waals surface area contributed by atoms with Gasteiger partial charge in [0.15, 0.2) is 0 Å². The van der Waals surface area contributed by atoms with Crippen molar-refractivity contribution < 1.29 is 19.2 Å². The van der Waals surface area contributed by atoms with Crippen LogP contribution in [0.15, 0.2) is 71.1 Å². The first-order valence-electron chi connectivity index (χ1n) is 7.96. The van der Waals surface area contributed by atoms with Crippen LogP contribution in [0.1, 0.15) is 25.6 Å². The minimum atomic E-state index is -0.540. The summed E-state index contributed by atoms with van der Waals surface area (Å²) < 4.78 is 5.25. The summed E-state index contributed by atoms with van der Waals surface area (Å²) in [4.78, 5) is 34.4. The van der Waals surface area contributed by atoms with Crippen LogP contribution in [-0.4, -0.2) is 23.0 Å². The molecule has 0 spiro atoms. The predicted molar refractivity (Wildman–Crippen MR) is 104 cm³/mol. The van der Waals surface area contributed by atoms with Crippen LogP contribution >= 0.6 is 11.3 Å². The summed E-state index contributed by atoms with van der Waals surface area (Å²) in [6.07, 6.45) is 1.42. The largest absolute Gasteiger partial charge is 0.422 e. The Balaban J connectivity index is 1.54. The number of rotatable bonds is 6. The molecule has 0 aliphatic rings. The molecule has 0 saturated heterocycles. The summed E-state index contributed by atoms with van der Waals surface area (Å²) >= 11 is 1.30. The van der Waals surface area contributed by atoms with Gasteiger partial charge in [-0.05, 0) is 53.4 Å². The number of ether oxygens (including phenoxy) is 1. The van der Waals surface area contributed by atoms with E-state index in [4.69, 9.17) is 4.74 Å². The molecule has 0 aliphatic carbocycles. The number of hydrazone groups is 1. The van der Waals surface area contributed by atoms with Gasteiger partial charge in [-0.25, -0.2) is 10.2 Å². The number of hydrogen-bond acceptors (Lipinski definition) is 7. The van der Waals surface area contributed by atoms with Gasteiger partial charge in [0.25, 0.3) is 11.6 Å². The van der Waals surface area contributed by atoms with Crippen molar-refractivity contribution in [3.63, 3.8) is 0 Å². The SMILES string of the molecule is O=C(N/N=C/c1ccc(OC(=O)c2cccs2)cc1)c1ccc([N+](=O)[O-])cc1. The highest BCUT2D eigenvalue weighted by Crippen LogP contribution is 2.16. The summed E-state index contributed by atoms with van der Waals surface area (Å²) in [5.74, 6) is -0.523. The van der Waals surface area contributed by atoms with Gasteiger partial charge >= 0.3 is 5.97 Å². The summed E-state index contributed by atoms with van der Waals surface area (Å²) in [5, 5.41) is 16.2. The lowest BCUT2D eigenvalue weighted by Crippen LogP contribution is -2.17. The fraction of sp³-hybridized carbons (Fsp3) is 0. The molecule has 1 amide bonds. The zero-order valence-electron chi connectivity index (χ0n) is 14.3. The maximum Gasteiger partial charge on any atom is 0.353 e. The van der Waals surface area contributed by atoms with Crippen molar-refractivity contribution in [3.8, 4) is 5.75 Å². The van der Waals surface area contributed by atoms with E-state index in [1.165, 1.54) is 41.8 Å². The second-order valence-corrected chi connectivity index (χ2v) is 6.39. The van der Waals surface area contributed by atoms with E-state index >= 15 is 0 Å². The molecule has 3 aromatic rings. The molecule has 0 unspecified atom stereocenters. The topological polar surface area (TPSA) is 111 Å². The minimum Gasteiger partial charge on any atom is -0.422 e. The molecule has 1 N–H and O–H groups in total. The van der Waals surface area contributed by atoms with Crippen LogP contribution in [0.3, 0.4) is 0 Å². The second kappa shape index (κ2) is 8.69. The van der Waals surface area contributed by atoms with Crippen molar-refractivity contribution in [1.82, 2.24) is 5.43 Å². The monoisotopic (exact) mass is 395 g/mol. The molecule has 28 heavy (non-hydrogen) atoms. The molecule has 0 bridgehead atoms. The highest BCUT2D eigenvalue weighted by Gasteiger charge is 2.10. The van der Waals surface area contributed by atoms with Crippen LogP contribution in [0.4, 0.5) is 5.69 Å². The first-order valence-corrected chi connectivity index (χ1v) is 8.84. The van der Waals surface area contributed by atoms with Crippen molar-refractivity contribution in [2.45, 2.75) is 0 Å². The lowest BCUT2D eigenvalue weighted by atomic mass is 10.2. The van der Waals surface area contributed by atoms with E-state index in [0.29, 0.717) is 16.2 Å². The molecular weight excluding hydrogens is 382 g/mol. The number of hydrogen-bond donors (Lipinski definition) is 1. The fourth-order valence-electron chi connectivity index (χ4n) is 2.14. The lowest BCUT2D eigenvalue weighted by Gasteiger charge is -2.03. The molecule has 0 radical (unpaired) electrons. The molecule has 9 heteroatoms. The Morgan fingerprint density at radius 3 is 2.39 bits per heavy atom. The van der Waals surface area contributed by atoms with Crippen LogP contribution in [0.2, 0.25) is 0 Å². The van der Waals surface area contributed by atoms with Crippen LogP contribution in [-0.2, 0) is 0 Å². The number of non-ortho nitro benzene ring substituents is 1. The summed E-state index contributed by atoms with van der Waals surface area (Å²) in [6.45, 7) is 0. The maximum absolute atomic E-state index is 12.0. The van der Waals surface area contributed by atoms with E-state index in [2.05, 4.69) is 10.5 Å². The van der Waals surface area contributed by atoms with E-state index in [9.17, 15) is 19.7 Å². The number of benzene rings is 2. The molecule has 0 fully saturated rings. The molecule has 1 aromatic heterocycles. The van der Waals surface area contributed by atoms with Crippen molar-refractivity contribution >= 4 is 35.1 Å². The van der Waals surface area contributed by atoms with Gasteiger partial charge in [0.05, 0.1) is 11.1 Å². The van der Waals surface area contributed by atoms with E-state index in [1.807, 2.05) is 0 Å². The Morgan fingerprint density at radius 1 is 1.07 bits per heavy atom. The molecule has 0 atom stereocenters. The molecule has 0 aliphatic heterocycles. The highest BCUT2D eigenvalue weighted by atomic mass is 32.1. The molecule has 3 rings (SSSR count). The van der Waals surface area contributed by atoms with Crippen LogP contribution in [0.25, 0.3) is 0 Å². The zero-order valence-corrected chi connectivity index (χ0v) is 15.1. The van der Waals surface area contributed by atoms with Gasteiger partial charge in [-0.3, -0.25) is 14.9 Å². The van der Waals surface area contributed by atoms with Crippen molar-refractivity contribution in [2.24, 2.45) is 5.10 Å². The minimum absolute atomic E-state index is 0.0973. The zero-order chi connectivity index (χ0) is 19.9. The first kappa shape index (κ1) is 18.9. The number of nitro groups is 1. The third-order valence-electron chi connectivity index (χ3n) is 3.53. The maximum atomic E-state index is 12.0. The Kier molecular flexibility index (Phi) is 5.87. The smallest absolute Gasteiger partial charge is 0.353 e. The van der Waals surface area contributed by atoms with E-state index < -0.39 is 16.8 Å². The normalized spacial score (nSPS) is 10.6. The number of nitrogens with zero attached hydrogens (tertiary/aromatic N) is 2. The van der Waals surface area contributed by atoms with Gasteiger partial charge in [-0.2, -0.15) is 5.10 Å². The predicted octanol–water partition coefficient (Wildman–Crippen LogP) is 3.64. The summed E-state index contributed by atoms with van der Waals surface area (Å²) in [5.41, 5.74) is 3.17. The fourth-order valence-corrected chi connectivity index (χ4v) is 2.74. The average molecular weight is 395 g/mol. The third-order valence-corrected chi connectivity index (χ3v) is 4.38. The first-order chi connectivity index (χ1) is 13.5. The van der Waals surface area contributed by atoms with Gasteiger partial charge in [0.2, 0.25) is 0 Å². The lowest BCUT2D eigenvalue weighted by molar-refractivity contribution is -0.384. The number of esters is 1. The number of nitro benzene ring substituents is 1. The number of carbonyl (C=O) groups excluding carboxylic acids is 2. The van der Waals surface area contributed by atoms with Gasteiger partial charge in [0.1, 0.15) is 10.6 Å². The quantitative estimate of drug-likeness (QED) is 0.225. The van der Waals surface area contributed by atoms with E-state index in [1.54, 1.807) is 41.8 Å². The average Bonchev–Trinajstić information content (AvgIpc) is 3.24. The number of thiophene rings is 1. The van der Waals surface area contributed by atoms with Gasteiger partial charge in [0, 0.05) is 17.7 Å². The van der Waals surface area contributed by atoms with Crippen molar-refractivity contribution in [3.05, 3.63) is 92.2 Å². The van der Waals surface area contributed by atoms with Gasteiger partial charge in [-0.1, -0.05) is 6.07 Å². The summed E-state index contributed by atoms with van der Waals surface area (Å²) in [6, 6.07) is 15.2. The molecule has 140 valence electrons. The highest BCUT2D eigenvalue weighted by molar-refractivity contribution is 7.12. The Morgan fingerprint density at radius 2 is 1.79 bits per heavy atom. The molecule has 2 aromatic carbocycles. The van der Waals surface area contributed by atoms with Crippen LogP contribution in [0.5, 0.6) is 5.75 Å². The number of nitrogens with one attached hydrogen (secondary N) is 1. The van der Waals surface area contributed by atoms with Crippen LogP contribution < -0.4 is 10.2 Å². The number of amides is 1. The summed E-state index contributed by atoms with van der Waals surface area (Å²) in [7, 11) is 0. The molecule has 0 saturated carbocycles. The van der Waals surface area contributed by atoms with Gasteiger partial charge < -0.3 is 4.74 Å². The third kappa shape index (κ3) is 4.86. The van der Waals surface area contributed by atoms with Crippen LogP contribution in [0, 0.1) is 10.1 Å². The van der Waals surface area contributed by atoms with E-state index in [0.717, 1.165) is 0 Å². The van der Waals surface area contributed by atoms with E-state index in [-0.39, 0.29) is 11.3 Å². The molecule has 1 heterocycles. The second-order valence-electron chi connectivity index (χ2n) is 5.44. The molecular formula is C19H13N3O5S. The van der Waals surface area contributed by atoms with Gasteiger partial charge in [-0.15, -0.1) is 11.3 Å². The van der Waals surface area contributed by atoms with Crippen molar-refractivity contribution in [2.75, 3.05) is 0 Å². The van der Waals surface area contributed by atoms with Crippen molar-refractivity contribution in [1.29, 1.82) is 0 Å². The molecule has 8 nitrogen and oxygen atoms in total. The Hall–Kier alpha value is -3.85. The standard InChI is InChI=1S/C19H13N3O5S/c23-18(14-5-7-15(8-6-14)22(25)26)21-20-12-13-3-9-16(10-4-13)27-19(24)17-2-1-11-28-17/h1-12H,(H,21,23)/b20-12+.